The monoisotopic (exact) mass is 371 g/mol. The van der Waals surface area contributed by atoms with E-state index in [2.05, 4.69) is 60.0 Å². The Morgan fingerprint density at radius 2 is 2.05 bits per heavy atom. The summed E-state index contributed by atoms with van der Waals surface area (Å²) >= 11 is 2.43. The topological polar surface area (TPSA) is 12.0 Å². The summed E-state index contributed by atoms with van der Waals surface area (Å²) in [6.45, 7) is 4.49. The minimum absolute atomic E-state index is 0.681. The molecule has 2 atom stereocenters. The van der Waals surface area contributed by atoms with Crippen LogP contribution in [0.25, 0.3) is 0 Å². The summed E-state index contributed by atoms with van der Waals surface area (Å²) in [5.41, 5.74) is 2.67. The number of nitrogens with one attached hydrogen (secondary N) is 1. The summed E-state index contributed by atoms with van der Waals surface area (Å²) in [6.07, 6.45) is 9.70. The molecule has 0 heterocycles. The van der Waals surface area contributed by atoms with Crippen LogP contribution in [-0.2, 0) is 0 Å². The van der Waals surface area contributed by atoms with Gasteiger partial charge in [0.05, 0.1) is 0 Å². The van der Waals surface area contributed by atoms with Crippen molar-refractivity contribution < 1.29 is 0 Å². The number of hydrogen-bond donors (Lipinski definition) is 1. The molecule has 2 heteroatoms. The molecule has 1 aliphatic rings. The first-order valence-corrected chi connectivity index (χ1v) is 8.79. The fourth-order valence-corrected chi connectivity index (χ4v) is 3.65. The van der Waals surface area contributed by atoms with Crippen molar-refractivity contribution in [2.75, 3.05) is 5.32 Å². The fourth-order valence-electron chi connectivity index (χ4n) is 3.14. The first-order valence-electron chi connectivity index (χ1n) is 7.71. The summed E-state index contributed by atoms with van der Waals surface area (Å²) < 4.78 is 1.36. The SMILES string of the molecule is CCCC1CCCC(Nc2ccc(C)c(I)c2)CC1. The van der Waals surface area contributed by atoms with Gasteiger partial charge in [0.1, 0.15) is 0 Å². The maximum atomic E-state index is 3.75. The largest absolute Gasteiger partial charge is 0.382 e. The zero-order chi connectivity index (χ0) is 13.7. The Morgan fingerprint density at radius 3 is 2.79 bits per heavy atom. The summed E-state index contributed by atoms with van der Waals surface area (Å²) in [4.78, 5) is 0. The van der Waals surface area contributed by atoms with Gasteiger partial charge in [0, 0.05) is 15.3 Å². The van der Waals surface area contributed by atoms with Crippen LogP contribution in [0.2, 0.25) is 0 Å². The van der Waals surface area contributed by atoms with Crippen molar-refractivity contribution in [1.82, 2.24) is 0 Å². The highest BCUT2D eigenvalue weighted by molar-refractivity contribution is 14.1. The van der Waals surface area contributed by atoms with Gasteiger partial charge in [-0.3, -0.25) is 0 Å². The van der Waals surface area contributed by atoms with Crippen molar-refractivity contribution in [2.45, 2.75) is 64.8 Å². The Balaban J connectivity index is 1.90. The molecule has 2 rings (SSSR count). The Hall–Kier alpha value is -0.250. The molecule has 0 radical (unpaired) electrons. The van der Waals surface area contributed by atoms with Crippen molar-refractivity contribution in [3.05, 3.63) is 27.3 Å². The Bertz CT molecular complexity index is 402. The molecule has 0 spiro atoms. The summed E-state index contributed by atoms with van der Waals surface area (Å²) in [7, 11) is 0. The second-order valence-corrected chi connectivity index (χ2v) is 7.13. The molecule has 1 fully saturated rings. The van der Waals surface area contributed by atoms with Crippen molar-refractivity contribution >= 4 is 28.3 Å². The maximum Gasteiger partial charge on any atom is 0.0353 e. The van der Waals surface area contributed by atoms with Gasteiger partial charge in [0.15, 0.2) is 0 Å². The Kier molecular flexibility index (Phi) is 5.99. The molecular weight excluding hydrogens is 345 g/mol. The van der Waals surface area contributed by atoms with Crippen LogP contribution in [0, 0.1) is 16.4 Å². The van der Waals surface area contributed by atoms with Crippen LogP contribution in [0.15, 0.2) is 18.2 Å². The number of benzene rings is 1. The lowest BCUT2D eigenvalue weighted by Gasteiger charge is -2.18. The van der Waals surface area contributed by atoms with Crippen molar-refractivity contribution in [3.8, 4) is 0 Å². The first-order chi connectivity index (χ1) is 9.19. The highest BCUT2D eigenvalue weighted by Crippen LogP contribution is 2.28. The van der Waals surface area contributed by atoms with E-state index in [1.54, 1.807) is 0 Å². The van der Waals surface area contributed by atoms with Gasteiger partial charge < -0.3 is 5.32 Å². The van der Waals surface area contributed by atoms with Gasteiger partial charge in [-0.2, -0.15) is 0 Å². The zero-order valence-electron chi connectivity index (χ0n) is 12.2. The molecule has 0 amide bonds. The Labute approximate surface area is 131 Å². The lowest BCUT2D eigenvalue weighted by molar-refractivity contribution is 0.422. The third-order valence-corrected chi connectivity index (χ3v) is 5.49. The molecule has 1 N–H and O–H groups in total. The molecule has 2 unspecified atom stereocenters. The third kappa shape index (κ3) is 4.66. The zero-order valence-corrected chi connectivity index (χ0v) is 14.4. The molecule has 1 saturated carbocycles. The van der Waals surface area contributed by atoms with Crippen molar-refractivity contribution in [3.63, 3.8) is 0 Å². The molecule has 0 saturated heterocycles. The minimum atomic E-state index is 0.681. The average Bonchev–Trinajstić information content (AvgIpc) is 2.60. The van der Waals surface area contributed by atoms with Crippen LogP contribution in [0.5, 0.6) is 0 Å². The second-order valence-electron chi connectivity index (χ2n) is 5.97. The van der Waals surface area contributed by atoms with Gasteiger partial charge in [0.2, 0.25) is 0 Å². The van der Waals surface area contributed by atoms with Crippen molar-refractivity contribution in [1.29, 1.82) is 0 Å². The van der Waals surface area contributed by atoms with E-state index < -0.39 is 0 Å². The number of anilines is 1. The van der Waals surface area contributed by atoms with Crippen LogP contribution in [0.1, 0.15) is 57.4 Å². The lowest BCUT2D eigenvalue weighted by atomic mass is 9.95. The molecule has 106 valence electrons. The molecule has 1 aromatic rings. The van der Waals surface area contributed by atoms with Crippen LogP contribution in [-0.4, -0.2) is 6.04 Å². The van der Waals surface area contributed by atoms with E-state index >= 15 is 0 Å². The van der Waals surface area contributed by atoms with Gasteiger partial charge in [-0.1, -0.05) is 38.7 Å². The van der Waals surface area contributed by atoms with Gasteiger partial charge in [0.25, 0.3) is 0 Å². The van der Waals surface area contributed by atoms with E-state index in [0.717, 1.165) is 5.92 Å². The minimum Gasteiger partial charge on any atom is -0.382 e. The fraction of sp³-hybridized carbons (Fsp3) is 0.647. The molecule has 1 aromatic carbocycles. The van der Waals surface area contributed by atoms with Crippen LogP contribution >= 0.6 is 22.6 Å². The number of rotatable bonds is 4. The standard InChI is InChI=1S/C17H26IN/c1-3-5-14-6-4-7-15(11-9-14)19-16-10-8-13(2)17(18)12-16/h8,10,12,14-15,19H,3-7,9,11H2,1-2H3. The van der Waals surface area contributed by atoms with Gasteiger partial charge in [-0.25, -0.2) is 0 Å². The van der Waals surface area contributed by atoms with Crippen LogP contribution < -0.4 is 5.32 Å². The van der Waals surface area contributed by atoms with E-state index in [1.807, 2.05) is 0 Å². The van der Waals surface area contributed by atoms with E-state index in [-0.39, 0.29) is 0 Å². The van der Waals surface area contributed by atoms with Crippen molar-refractivity contribution in [2.24, 2.45) is 5.92 Å². The van der Waals surface area contributed by atoms with Crippen LogP contribution in [0.4, 0.5) is 5.69 Å². The summed E-state index contributed by atoms with van der Waals surface area (Å²) in [5.74, 6) is 0.981. The Morgan fingerprint density at radius 1 is 1.21 bits per heavy atom. The predicted octanol–water partition coefficient (Wildman–Crippen LogP) is 5.76. The number of hydrogen-bond acceptors (Lipinski definition) is 1. The second kappa shape index (κ2) is 7.51. The molecular formula is C17H26IN. The molecule has 0 bridgehead atoms. The van der Waals surface area contributed by atoms with Gasteiger partial charge in [-0.05, 0) is 72.4 Å². The van der Waals surface area contributed by atoms with E-state index in [4.69, 9.17) is 0 Å². The quantitative estimate of drug-likeness (QED) is 0.524. The molecule has 1 aliphatic carbocycles. The first kappa shape index (κ1) is 15.1. The molecule has 19 heavy (non-hydrogen) atoms. The third-order valence-electron chi connectivity index (χ3n) is 4.33. The van der Waals surface area contributed by atoms with E-state index in [9.17, 15) is 0 Å². The van der Waals surface area contributed by atoms with E-state index in [1.165, 1.54) is 59.8 Å². The molecule has 0 aromatic heterocycles. The molecule has 0 aliphatic heterocycles. The smallest absolute Gasteiger partial charge is 0.0353 e. The van der Waals surface area contributed by atoms with Gasteiger partial charge >= 0.3 is 0 Å². The number of halogens is 1. The summed E-state index contributed by atoms with van der Waals surface area (Å²) in [5, 5.41) is 3.75. The summed E-state index contributed by atoms with van der Waals surface area (Å²) in [6, 6.07) is 7.41. The molecule has 1 nitrogen and oxygen atoms in total. The predicted molar refractivity (Wildman–Crippen MR) is 92.8 cm³/mol. The van der Waals surface area contributed by atoms with E-state index in [0.29, 0.717) is 6.04 Å². The van der Waals surface area contributed by atoms with Crippen LogP contribution in [0.3, 0.4) is 0 Å². The van der Waals surface area contributed by atoms with Gasteiger partial charge in [-0.15, -0.1) is 0 Å². The normalized spacial score (nSPS) is 23.9. The lowest BCUT2D eigenvalue weighted by Crippen LogP contribution is -2.18. The number of aryl methyl sites for hydroxylation is 1. The highest BCUT2D eigenvalue weighted by Gasteiger charge is 2.18. The highest BCUT2D eigenvalue weighted by atomic mass is 127. The maximum absolute atomic E-state index is 3.75. The average molecular weight is 371 g/mol.